The number of nitrogens with zero attached hydrogens (tertiary/aromatic N) is 3. The van der Waals surface area contributed by atoms with Gasteiger partial charge in [0.25, 0.3) is 0 Å². The van der Waals surface area contributed by atoms with E-state index < -0.39 is 0 Å². The number of rotatable bonds is 3. The van der Waals surface area contributed by atoms with Gasteiger partial charge in [0.05, 0.1) is 29.3 Å². The van der Waals surface area contributed by atoms with E-state index in [9.17, 15) is 4.39 Å². The van der Waals surface area contributed by atoms with Crippen LogP contribution >= 0.6 is 11.3 Å². The second kappa shape index (κ2) is 5.20. The van der Waals surface area contributed by atoms with E-state index in [0.717, 1.165) is 21.3 Å². The summed E-state index contributed by atoms with van der Waals surface area (Å²) in [5.74, 6) is 0.232. The summed E-state index contributed by atoms with van der Waals surface area (Å²) in [6, 6.07) is 8.38. The lowest BCUT2D eigenvalue weighted by molar-refractivity contribution is 0.416. The van der Waals surface area contributed by atoms with Crippen LogP contribution in [-0.4, -0.2) is 21.6 Å². The average molecular weight is 328 g/mol. The summed E-state index contributed by atoms with van der Waals surface area (Å²) < 4.78 is 21.7. The molecule has 0 unspecified atom stereocenters. The van der Waals surface area contributed by atoms with Gasteiger partial charge in [-0.2, -0.15) is 0 Å². The molecule has 7 heteroatoms. The number of methoxy groups -OCH3 is 1. The number of nitrogens with one attached hydrogen (secondary N) is 1. The Kier molecular flexibility index (Phi) is 3.16. The molecule has 23 heavy (non-hydrogen) atoms. The standard InChI is InChI=1S/C16H13FN4OS/c1-21-8-18-14-11(21)4-6-13-15(14)20-16(23-13)19-10-7-9(17)3-5-12(10)22-2/h3-8H,1-2H3,(H,19,20). The van der Waals surface area contributed by atoms with Gasteiger partial charge in [0, 0.05) is 13.1 Å². The summed E-state index contributed by atoms with van der Waals surface area (Å²) in [5, 5.41) is 3.80. The van der Waals surface area contributed by atoms with Crippen molar-refractivity contribution in [2.24, 2.45) is 7.05 Å². The molecule has 0 aliphatic rings. The highest BCUT2D eigenvalue weighted by Gasteiger charge is 2.12. The summed E-state index contributed by atoms with van der Waals surface area (Å²) in [6.45, 7) is 0. The van der Waals surface area contributed by atoms with Crippen LogP contribution in [0.1, 0.15) is 0 Å². The van der Waals surface area contributed by atoms with Crippen LogP contribution < -0.4 is 10.1 Å². The first-order valence-corrected chi connectivity index (χ1v) is 7.78. The van der Waals surface area contributed by atoms with Crippen molar-refractivity contribution in [3.05, 3.63) is 42.5 Å². The van der Waals surface area contributed by atoms with Crippen LogP contribution in [0.25, 0.3) is 21.3 Å². The summed E-state index contributed by atoms with van der Waals surface area (Å²) >= 11 is 1.49. The highest BCUT2D eigenvalue weighted by Crippen LogP contribution is 2.34. The van der Waals surface area contributed by atoms with Crippen LogP contribution in [0.2, 0.25) is 0 Å². The maximum atomic E-state index is 13.5. The first-order chi connectivity index (χ1) is 11.2. The molecule has 0 aliphatic heterocycles. The third-order valence-electron chi connectivity index (χ3n) is 3.66. The molecule has 2 aromatic carbocycles. The number of halogens is 1. The lowest BCUT2D eigenvalue weighted by Crippen LogP contribution is -1.94. The molecule has 0 spiro atoms. The molecule has 2 heterocycles. The molecule has 4 rings (SSSR count). The number of anilines is 2. The molecule has 0 saturated heterocycles. The SMILES string of the molecule is COc1ccc(F)cc1Nc1nc2c(ccc3c2ncn3C)s1. The molecule has 2 aromatic heterocycles. The largest absolute Gasteiger partial charge is 0.495 e. The fourth-order valence-electron chi connectivity index (χ4n) is 2.53. The van der Waals surface area contributed by atoms with Gasteiger partial charge in [0.1, 0.15) is 22.6 Å². The maximum absolute atomic E-state index is 13.5. The van der Waals surface area contributed by atoms with E-state index in [4.69, 9.17) is 4.74 Å². The lowest BCUT2D eigenvalue weighted by atomic mass is 10.3. The van der Waals surface area contributed by atoms with Crippen LogP contribution in [0, 0.1) is 5.82 Å². The Morgan fingerprint density at radius 1 is 1.22 bits per heavy atom. The molecule has 0 amide bonds. The van der Waals surface area contributed by atoms with E-state index in [2.05, 4.69) is 15.3 Å². The minimum Gasteiger partial charge on any atom is -0.495 e. The summed E-state index contributed by atoms with van der Waals surface area (Å²) in [5.41, 5.74) is 3.27. The number of imidazole rings is 1. The van der Waals surface area contributed by atoms with Crippen molar-refractivity contribution in [1.29, 1.82) is 0 Å². The topological polar surface area (TPSA) is 52.0 Å². The third kappa shape index (κ3) is 2.29. The molecule has 0 radical (unpaired) electrons. The van der Waals surface area contributed by atoms with Crippen molar-refractivity contribution >= 4 is 43.4 Å². The molecule has 5 nitrogen and oxygen atoms in total. The molecule has 0 aliphatic carbocycles. The summed E-state index contributed by atoms with van der Waals surface area (Å²) in [7, 11) is 3.50. The average Bonchev–Trinajstić information content (AvgIpc) is 3.11. The van der Waals surface area contributed by atoms with Gasteiger partial charge in [-0.05, 0) is 24.3 Å². The highest BCUT2D eigenvalue weighted by atomic mass is 32.1. The number of fused-ring (bicyclic) bond motifs is 3. The lowest BCUT2D eigenvalue weighted by Gasteiger charge is -2.08. The van der Waals surface area contributed by atoms with Gasteiger partial charge in [0.2, 0.25) is 0 Å². The van der Waals surface area contributed by atoms with Crippen molar-refractivity contribution in [2.75, 3.05) is 12.4 Å². The third-order valence-corrected chi connectivity index (χ3v) is 4.59. The zero-order chi connectivity index (χ0) is 16.0. The molecule has 0 fully saturated rings. The molecule has 4 aromatic rings. The molecule has 116 valence electrons. The number of hydrogen-bond acceptors (Lipinski definition) is 5. The van der Waals surface area contributed by atoms with E-state index >= 15 is 0 Å². The summed E-state index contributed by atoms with van der Waals surface area (Å²) in [4.78, 5) is 9.02. The fourth-order valence-corrected chi connectivity index (χ4v) is 3.42. The molecular weight excluding hydrogens is 315 g/mol. The van der Waals surface area contributed by atoms with Crippen molar-refractivity contribution < 1.29 is 9.13 Å². The fraction of sp³-hybridized carbons (Fsp3) is 0.125. The first kappa shape index (κ1) is 14.0. The number of thiazole rings is 1. The number of hydrogen-bond donors (Lipinski definition) is 1. The van der Waals surface area contributed by atoms with Crippen LogP contribution in [0.3, 0.4) is 0 Å². The van der Waals surface area contributed by atoms with Crippen LogP contribution in [0.4, 0.5) is 15.2 Å². The Labute approximate surface area is 135 Å². The normalized spacial score (nSPS) is 11.3. The first-order valence-electron chi connectivity index (χ1n) is 6.97. The number of aryl methyl sites for hydroxylation is 1. The Morgan fingerprint density at radius 2 is 2.09 bits per heavy atom. The van der Waals surface area contributed by atoms with E-state index in [1.54, 1.807) is 19.5 Å². The van der Waals surface area contributed by atoms with E-state index in [0.29, 0.717) is 16.6 Å². The van der Waals surface area contributed by atoms with Crippen molar-refractivity contribution in [2.45, 2.75) is 0 Å². The molecule has 0 atom stereocenters. The number of ether oxygens (including phenoxy) is 1. The minimum atomic E-state index is -0.332. The monoisotopic (exact) mass is 328 g/mol. The Hall–Kier alpha value is -2.67. The molecule has 0 bridgehead atoms. The summed E-state index contributed by atoms with van der Waals surface area (Å²) in [6.07, 6.45) is 1.77. The van der Waals surface area contributed by atoms with Gasteiger partial charge < -0.3 is 14.6 Å². The predicted molar refractivity (Wildman–Crippen MR) is 90.1 cm³/mol. The van der Waals surface area contributed by atoms with Gasteiger partial charge in [-0.1, -0.05) is 11.3 Å². The van der Waals surface area contributed by atoms with Gasteiger partial charge >= 0.3 is 0 Å². The molecule has 0 saturated carbocycles. The zero-order valence-electron chi connectivity index (χ0n) is 12.5. The number of benzene rings is 2. The van der Waals surface area contributed by atoms with E-state index in [1.807, 2.05) is 23.7 Å². The number of aromatic nitrogens is 3. The Morgan fingerprint density at radius 3 is 2.91 bits per heavy atom. The van der Waals surface area contributed by atoms with Gasteiger partial charge in [-0.15, -0.1) is 0 Å². The highest BCUT2D eigenvalue weighted by molar-refractivity contribution is 7.22. The Balaban J connectivity index is 1.81. The smallest absolute Gasteiger partial charge is 0.188 e. The minimum absolute atomic E-state index is 0.332. The van der Waals surface area contributed by atoms with E-state index in [1.165, 1.54) is 23.5 Å². The van der Waals surface area contributed by atoms with Crippen molar-refractivity contribution in [3.63, 3.8) is 0 Å². The van der Waals surface area contributed by atoms with Crippen LogP contribution in [0.5, 0.6) is 5.75 Å². The Bertz CT molecular complexity index is 1020. The molecule has 1 N–H and O–H groups in total. The van der Waals surface area contributed by atoms with Crippen molar-refractivity contribution in [1.82, 2.24) is 14.5 Å². The molecular formula is C16H13FN4OS. The zero-order valence-corrected chi connectivity index (χ0v) is 13.3. The quantitative estimate of drug-likeness (QED) is 0.616. The second-order valence-corrected chi connectivity index (χ2v) is 6.15. The van der Waals surface area contributed by atoms with Crippen LogP contribution in [-0.2, 0) is 7.05 Å². The van der Waals surface area contributed by atoms with E-state index in [-0.39, 0.29) is 5.82 Å². The van der Waals surface area contributed by atoms with Crippen LogP contribution in [0.15, 0.2) is 36.7 Å². The van der Waals surface area contributed by atoms with Crippen molar-refractivity contribution in [3.8, 4) is 5.75 Å². The second-order valence-electron chi connectivity index (χ2n) is 5.12. The maximum Gasteiger partial charge on any atom is 0.188 e. The predicted octanol–water partition coefficient (Wildman–Crippen LogP) is 4.07. The van der Waals surface area contributed by atoms with Gasteiger partial charge in [0.15, 0.2) is 5.13 Å². The van der Waals surface area contributed by atoms with Gasteiger partial charge in [-0.3, -0.25) is 0 Å². The van der Waals surface area contributed by atoms with Gasteiger partial charge in [-0.25, -0.2) is 14.4 Å².